The largest absolute Gasteiger partial charge is 0.449 e. The van der Waals surface area contributed by atoms with Gasteiger partial charge in [-0.05, 0) is 47.4 Å². The molecule has 2 amide bonds. The van der Waals surface area contributed by atoms with Crippen LogP contribution < -0.4 is 15.4 Å². The first-order chi connectivity index (χ1) is 15.0. The highest BCUT2D eigenvalue weighted by Crippen LogP contribution is 2.33. The van der Waals surface area contributed by atoms with E-state index in [9.17, 15) is 9.59 Å². The maximum absolute atomic E-state index is 12.6. The Hall–Kier alpha value is -3.57. The highest BCUT2D eigenvalue weighted by atomic mass is 35.5. The molecule has 0 saturated carbocycles. The number of hydrogen-bond donors (Lipinski definition) is 2. The number of halogens is 1. The van der Waals surface area contributed by atoms with E-state index < -0.39 is 5.91 Å². The summed E-state index contributed by atoms with van der Waals surface area (Å²) >= 11 is 6.16. The molecule has 156 valence electrons. The van der Waals surface area contributed by atoms with Crippen molar-refractivity contribution in [3.8, 4) is 5.75 Å². The number of nitrogens with one attached hydrogen (secondary N) is 2. The van der Waals surface area contributed by atoms with Crippen molar-refractivity contribution in [2.75, 3.05) is 11.9 Å². The average molecular weight is 433 g/mol. The van der Waals surface area contributed by atoms with Gasteiger partial charge in [-0.25, -0.2) is 0 Å². The zero-order valence-electron chi connectivity index (χ0n) is 16.9. The van der Waals surface area contributed by atoms with Gasteiger partial charge in [0.1, 0.15) is 0 Å². The second-order valence-electron chi connectivity index (χ2n) is 7.32. The van der Waals surface area contributed by atoms with E-state index in [2.05, 4.69) is 17.6 Å². The summed E-state index contributed by atoms with van der Waals surface area (Å²) in [5, 5.41) is 6.25. The minimum Gasteiger partial charge on any atom is -0.449 e. The van der Waals surface area contributed by atoms with E-state index in [1.54, 1.807) is 36.4 Å². The van der Waals surface area contributed by atoms with Crippen LogP contribution in [0.3, 0.4) is 0 Å². The van der Waals surface area contributed by atoms with Crippen molar-refractivity contribution in [2.45, 2.75) is 12.8 Å². The summed E-state index contributed by atoms with van der Waals surface area (Å²) in [6.07, 6.45) is 1.59. The predicted octanol–water partition coefficient (Wildman–Crippen LogP) is 5.25. The van der Waals surface area contributed by atoms with Crippen molar-refractivity contribution in [1.29, 1.82) is 0 Å². The number of hydrogen-bond acceptors (Lipinski definition) is 3. The summed E-state index contributed by atoms with van der Waals surface area (Å²) in [7, 11) is 0. The summed E-state index contributed by atoms with van der Waals surface area (Å²) in [4.78, 5) is 25.1. The molecule has 0 saturated heterocycles. The Morgan fingerprint density at radius 3 is 2.61 bits per heavy atom. The summed E-state index contributed by atoms with van der Waals surface area (Å²) in [5.41, 5.74) is 2.74. The lowest BCUT2D eigenvalue weighted by molar-refractivity contribution is -0.115. The molecule has 3 aromatic carbocycles. The summed E-state index contributed by atoms with van der Waals surface area (Å²) in [6.45, 7) is 2.57. The Bertz CT molecular complexity index is 1160. The first kappa shape index (κ1) is 20.7. The Labute approximate surface area is 185 Å². The fraction of sp³-hybridized carbons (Fsp3) is 0.120. The quantitative estimate of drug-likeness (QED) is 0.541. The molecule has 3 aromatic rings. The van der Waals surface area contributed by atoms with Gasteiger partial charge in [-0.3, -0.25) is 9.59 Å². The van der Waals surface area contributed by atoms with E-state index in [0.29, 0.717) is 34.1 Å². The highest BCUT2D eigenvalue weighted by molar-refractivity contribution is 6.32. The van der Waals surface area contributed by atoms with E-state index in [1.165, 1.54) is 0 Å². The van der Waals surface area contributed by atoms with Crippen LogP contribution in [-0.4, -0.2) is 18.4 Å². The topological polar surface area (TPSA) is 67.4 Å². The van der Waals surface area contributed by atoms with Gasteiger partial charge in [0.2, 0.25) is 0 Å². The molecular weight excluding hydrogens is 412 g/mol. The molecule has 0 fully saturated rings. The minimum atomic E-state index is -0.400. The first-order valence-electron chi connectivity index (χ1n) is 9.94. The molecule has 0 aromatic heterocycles. The van der Waals surface area contributed by atoms with Crippen LogP contribution in [0.2, 0.25) is 5.02 Å². The molecule has 1 heterocycles. The normalized spacial score (nSPS) is 14.9. The molecule has 0 unspecified atom stereocenters. The van der Waals surface area contributed by atoms with Gasteiger partial charge in [0.05, 0.1) is 5.69 Å². The van der Waals surface area contributed by atoms with Crippen LogP contribution in [0.4, 0.5) is 5.69 Å². The van der Waals surface area contributed by atoms with Crippen molar-refractivity contribution in [3.63, 3.8) is 0 Å². The Morgan fingerprint density at radius 2 is 1.84 bits per heavy atom. The number of ether oxygens (including phenoxy) is 1. The van der Waals surface area contributed by atoms with Crippen LogP contribution in [0, 0.1) is 0 Å². The molecule has 5 nitrogen and oxygen atoms in total. The molecule has 0 spiro atoms. The lowest BCUT2D eigenvalue weighted by Crippen LogP contribution is -2.28. The van der Waals surface area contributed by atoms with Gasteiger partial charge in [-0.15, -0.1) is 0 Å². The molecule has 6 heteroatoms. The number of rotatable bonds is 5. The van der Waals surface area contributed by atoms with E-state index in [0.717, 1.165) is 5.56 Å². The zero-order valence-corrected chi connectivity index (χ0v) is 17.6. The van der Waals surface area contributed by atoms with Crippen LogP contribution in [-0.2, 0) is 4.79 Å². The SMILES string of the molecule is C[C@H](CNC(=O)c1ccc2c(c1)NC(=O)/C(=C\c1ccccc1Cl)O2)c1ccccc1. The summed E-state index contributed by atoms with van der Waals surface area (Å²) in [6, 6.07) is 22.1. The van der Waals surface area contributed by atoms with Crippen LogP contribution in [0.15, 0.2) is 78.6 Å². The van der Waals surface area contributed by atoms with Crippen molar-refractivity contribution in [1.82, 2.24) is 5.32 Å². The smallest absolute Gasteiger partial charge is 0.291 e. The Kier molecular flexibility index (Phi) is 6.05. The number of anilines is 1. The van der Waals surface area contributed by atoms with Gasteiger partial charge in [0.15, 0.2) is 11.5 Å². The molecule has 0 radical (unpaired) electrons. The summed E-state index contributed by atoms with van der Waals surface area (Å²) in [5.74, 6) is 0.171. The van der Waals surface area contributed by atoms with Crippen molar-refractivity contribution >= 4 is 35.2 Å². The number of carbonyl (C=O) groups is 2. The molecule has 0 bridgehead atoms. The number of fused-ring (bicyclic) bond motifs is 1. The van der Waals surface area contributed by atoms with Gasteiger partial charge < -0.3 is 15.4 Å². The molecular formula is C25H21ClN2O3. The van der Waals surface area contributed by atoms with Crippen molar-refractivity contribution < 1.29 is 14.3 Å². The van der Waals surface area contributed by atoms with E-state index in [-0.39, 0.29) is 17.6 Å². The van der Waals surface area contributed by atoms with Gasteiger partial charge in [0, 0.05) is 17.1 Å². The van der Waals surface area contributed by atoms with E-state index in [4.69, 9.17) is 16.3 Å². The van der Waals surface area contributed by atoms with Crippen molar-refractivity contribution in [2.24, 2.45) is 0 Å². The second-order valence-corrected chi connectivity index (χ2v) is 7.73. The van der Waals surface area contributed by atoms with E-state index in [1.807, 2.05) is 42.5 Å². The fourth-order valence-electron chi connectivity index (χ4n) is 3.28. The molecule has 4 rings (SSSR count). The standard InChI is InChI=1S/C25H21ClN2O3/c1-16(17-7-3-2-4-8-17)15-27-24(29)19-11-12-22-21(13-19)28-25(30)23(31-22)14-18-9-5-6-10-20(18)26/h2-14,16H,15H2,1H3,(H,27,29)(H,28,30)/b23-14+/t16-/m1/s1. The molecule has 31 heavy (non-hydrogen) atoms. The Balaban J connectivity index is 1.46. The molecule has 1 aliphatic heterocycles. The monoisotopic (exact) mass is 432 g/mol. The molecule has 1 atom stereocenters. The van der Waals surface area contributed by atoms with Crippen LogP contribution in [0.1, 0.15) is 34.3 Å². The third kappa shape index (κ3) is 4.78. The molecule has 1 aliphatic rings. The number of benzene rings is 3. The van der Waals surface area contributed by atoms with Crippen LogP contribution in [0.25, 0.3) is 6.08 Å². The lowest BCUT2D eigenvalue weighted by atomic mass is 10.0. The number of amides is 2. The maximum Gasteiger partial charge on any atom is 0.291 e. The zero-order chi connectivity index (χ0) is 21.8. The average Bonchev–Trinajstić information content (AvgIpc) is 2.79. The van der Waals surface area contributed by atoms with Gasteiger partial charge >= 0.3 is 0 Å². The minimum absolute atomic E-state index is 0.134. The van der Waals surface area contributed by atoms with Gasteiger partial charge in [0.25, 0.3) is 11.8 Å². The van der Waals surface area contributed by atoms with Crippen LogP contribution >= 0.6 is 11.6 Å². The van der Waals surface area contributed by atoms with Gasteiger partial charge in [-0.2, -0.15) is 0 Å². The second kappa shape index (κ2) is 9.06. The maximum atomic E-state index is 12.6. The van der Waals surface area contributed by atoms with E-state index >= 15 is 0 Å². The third-order valence-electron chi connectivity index (χ3n) is 5.06. The fourth-order valence-corrected chi connectivity index (χ4v) is 3.47. The van der Waals surface area contributed by atoms with Crippen molar-refractivity contribution in [3.05, 3.63) is 100 Å². The lowest BCUT2D eigenvalue weighted by Gasteiger charge is -2.21. The Morgan fingerprint density at radius 1 is 1.10 bits per heavy atom. The first-order valence-corrected chi connectivity index (χ1v) is 10.3. The van der Waals surface area contributed by atoms with Crippen LogP contribution in [0.5, 0.6) is 5.75 Å². The predicted molar refractivity (Wildman–Crippen MR) is 122 cm³/mol. The summed E-state index contributed by atoms with van der Waals surface area (Å²) < 4.78 is 5.75. The van der Waals surface area contributed by atoms with Gasteiger partial charge in [-0.1, -0.05) is 67.1 Å². The number of carbonyl (C=O) groups excluding carboxylic acids is 2. The highest BCUT2D eigenvalue weighted by Gasteiger charge is 2.23. The third-order valence-corrected chi connectivity index (χ3v) is 5.41. The molecule has 0 aliphatic carbocycles. The molecule has 2 N–H and O–H groups in total.